The molecular formula is C11H29O11Si8. The minimum atomic E-state index is -3.35. The van der Waals surface area contributed by atoms with Crippen molar-refractivity contribution in [2.75, 3.05) is 0 Å². The maximum absolute atomic E-state index is 6.91. The minimum Gasteiger partial charge on any atom is -0.394 e. The fraction of sp³-hybridized carbons (Fsp3) is 1.00. The lowest BCUT2D eigenvalue weighted by molar-refractivity contribution is 0.0437. The second kappa shape index (κ2) is 6.70. The molecule has 6 fully saturated rings. The summed E-state index contributed by atoms with van der Waals surface area (Å²) in [7, 11) is -25.3. The highest BCUT2D eigenvalue weighted by Gasteiger charge is 2.81. The topological polar surface area (TPSA) is 102 Å². The predicted octanol–water partition coefficient (Wildman–Crippen LogP) is 1.70. The van der Waals surface area contributed by atoms with Crippen LogP contribution in [0.3, 0.4) is 0 Å². The molecule has 0 N–H and O–H groups in total. The Labute approximate surface area is 186 Å². The van der Waals surface area contributed by atoms with Crippen molar-refractivity contribution in [1.82, 2.24) is 0 Å². The molecule has 11 nitrogen and oxygen atoms in total. The van der Waals surface area contributed by atoms with Crippen LogP contribution in [0, 0.1) is 5.92 Å². The van der Waals surface area contributed by atoms with E-state index in [-0.39, 0.29) is 0 Å². The van der Waals surface area contributed by atoms with E-state index in [2.05, 4.69) is 13.8 Å². The highest BCUT2D eigenvalue weighted by molar-refractivity contribution is 7.37. The molecule has 171 valence electrons. The van der Waals surface area contributed by atoms with Crippen LogP contribution in [0.25, 0.3) is 0 Å². The SMILES string of the molecule is CCC(C)C[Si]12O[Si]3O[Si]4(C)O[Si]5(C)O[Si](C)(O3)O[Si](C)(O1)[Si](C)(O5)O[Si](C)(O4)O2. The van der Waals surface area contributed by atoms with Gasteiger partial charge in [0, 0.05) is 32.2 Å². The summed E-state index contributed by atoms with van der Waals surface area (Å²) in [6.07, 6.45) is 0.953. The average molecular weight is 562 g/mol. The highest BCUT2D eigenvalue weighted by Crippen LogP contribution is 2.50. The van der Waals surface area contributed by atoms with Crippen LogP contribution in [0.15, 0.2) is 0 Å². The Morgan fingerprint density at radius 1 is 0.600 bits per heavy atom. The maximum atomic E-state index is 6.91. The van der Waals surface area contributed by atoms with Crippen LogP contribution in [-0.4, -0.2) is 69.7 Å². The van der Waals surface area contributed by atoms with Crippen molar-refractivity contribution in [2.24, 2.45) is 5.92 Å². The molecule has 0 aliphatic carbocycles. The van der Waals surface area contributed by atoms with Gasteiger partial charge in [-0.05, 0) is 19.0 Å². The average Bonchev–Trinajstić information content (AvgIpc) is 2.58. The van der Waals surface area contributed by atoms with Crippen LogP contribution in [0.2, 0.25) is 45.3 Å². The monoisotopic (exact) mass is 561 g/mol. The van der Waals surface area contributed by atoms with Gasteiger partial charge in [-0.3, -0.25) is 0 Å². The van der Waals surface area contributed by atoms with Crippen LogP contribution in [0.1, 0.15) is 20.3 Å². The Kier molecular flexibility index (Phi) is 5.15. The van der Waals surface area contributed by atoms with Gasteiger partial charge in [0.1, 0.15) is 0 Å². The normalized spacial score (nSPS) is 58.8. The van der Waals surface area contributed by atoms with Gasteiger partial charge in [0.15, 0.2) is 0 Å². The first-order valence-corrected chi connectivity index (χ1v) is 27.9. The van der Waals surface area contributed by atoms with E-state index in [1.54, 1.807) is 6.55 Å². The van der Waals surface area contributed by atoms with Crippen LogP contribution in [-0.2, 0) is 45.3 Å². The standard InChI is InChI=1S/C11H29O11Si8/c1-9-11(2)10-30-14-23-12-24(3)15-26(5)17-25(4,13-23)18-29(8,22-30)28(7,19-26)20-27(6,16-24)21-30/h11H,9-10H2,1-8H3. The lowest BCUT2D eigenvalue weighted by atomic mass is 10.2. The first-order chi connectivity index (χ1) is 13.6. The van der Waals surface area contributed by atoms with E-state index in [0.29, 0.717) is 12.0 Å². The van der Waals surface area contributed by atoms with Gasteiger partial charge in [-0.25, -0.2) is 0 Å². The van der Waals surface area contributed by atoms with Crippen LogP contribution < -0.4 is 0 Å². The Hall–Kier alpha value is 1.30. The molecule has 8 unspecified atom stereocenters. The number of hydrogen-bond acceptors (Lipinski definition) is 11. The van der Waals surface area contributed by atoms with Gasteiger partial charge in [-0.15, -0.1) is 0 Å². The molecule has 8 bridgehead atoms. The molecule has 6 aliphatic heterocycles. The first-order valence-electron chi connectivity index (χ1n) is 10.2. The van der Waals surface area contributed by atoms with E-state index in [4.69, 9.17) is 45.3 Å². The second-order valence-corrected chi connectivity index (χ2v) is 36.5. The molecule has 6 aliphatic rings. The van der Waals surface area contributed by atoms with E-state index in [0.717, 1.165) is 6.42 Å². The van der Waals surface area contributed by atoms with Gasteiger partial charge < -0.3 is 45.3 Å². The summed E-state index contributed by atoms with van der Waals surface area (Å²) in [6, 6.07) is 0.600. The lowest BCUT2D eigenvalue weighted by Crippen LogP contribution is -2.75. The van der Waals surface area contributed by atoms with Gasteiger partial charge in [-0.1, -0.05) is 20.3 Å². The van der Waals surface area contributed by atoms with Crippen molar-refractivity contribution >= 4 is 69.7 Å². The molecule has 0 aromatic heterocycles. The largest absolute Gasteiger partial charge is 0.553 e. The number of hydrogen-bond donors (Lipinski definition) is 0. The molecule has 6 saturated heterocycles. The van der Waals surface area contributed by atoms with Crippen LogP contribution in [0.4, 0.5) is 0 Å². The smallest absolute Gasteiger partial charge is 0.394 e. The predicted molar refractivity (Wildman–Crippen MR) is 117 cm³/mol. The zero-order chi connectivity index (χ0) is 21.8. The van der Waals surface area contributed by atoms with Gasteiger partial charge >= 0.3 is 69.7 Å². The van der Waals surface area contributed by atoms with E-state index >= 15 is 0 Å². The quantitative estimate of drug-likeness (QED) is 0.471. The van der Waals surface area contributed by atoms with E-state index < -0.39 is 69.7 Å². The molecule has 0 aromatic rings. The summed E-state index contributed by atoms with van der Waals surface area (Å²) < 4.78 is 72.5. The summed E-state index contributed by atoms with van der Waals surface area (Å²) in [4.78, 5) is 0. The molecular weight excluding hydrogens is 533 g/mol. The zero-order valence-corrected chi connectivity index (χ0v) is 26.5. The Balaban J connectivity index is 1.76. The van der Waals surface area contributed by atoms with Crippen LogP contribution >= 0.6 is 0 Å². The summed E-state index contributed by atoms with van der Waals surface area (Å²) >= 11 is 0. The molecule has 19 heteroatoms. The first kappa shape index (κ1) is 23.1. The molecule has 8 atom stereocenters. The molecule has 30 heavy (non-hydrogen) atoms. The fourth-order valence-electron chi connectivity index (χ4n) is 4.56. The Morgan fingerprint density at radius 2 is 1.07 bits per heavy atom. The van der Waals surface area contributed by atoms with Crippen LogP contribution in [0.5, 0.6) is 0 Å². The molecule has 0 saturated carbocycles. The second-order valence-electron chi connectivity index (χ2n) is 9.11. The maximum Gasteiger partial charge on any atom is 0.553 e. The van der Waals surface area contributed by atoms with E-state index in [9.17, 15) is 0 Å². The molecule has 0 amide bonds. The van der Waals surface area contributed by atoms with Gasteiger partial charge in [-0.2, -0.15) is 0 Å². The fourth-order valence-corrected chi connectivity index (χ4v) is 58.2. The van der Waals surface area contributed by atoms with E-state index in [1.807, 2.05) is 32.7 Å². The van der Waals surface area contributed by atoms with Gasteiger partial charge in [0.05, 0.1) is 0 Å². The van der Waals surface area contributed by atoms with Gasteiger partial charge in [0.25, 0.3) is 0 Å². The molecule has 1 radical (unpaired) electrons. The summed E-state index contributed by atoms with van der Waals surface area (Å²) in [5.41, 5.74) is 0. The third kappa shape index (κ3) is 3.64. The van der Waals surface area contributed by atoms with Crippen molar-refractivity contribution in [3.63, 3.8) is 0 Å². The van der Waals surface area contributed by atoms with Crippen molar-refractivity contribution in [1.29, 1.82) is 0 Å². The van der Waals surface area contributed by atoms with Crippen molar-refractivity contribution < 1.29 is 45.3 Å². The number of rotatable bonds is 3. The minimum absolute atomic E-state index is 0.303. The summed E-state index contributed by atoms with van der Waals surface area (Å²) in [5, 5.41) is 0. The molecule has 0 spiro atoms. The molecule has 6 rings (SSSR count). The van der Waals surface area contributed by atoms with Crippen molar-refractivity contribution in [3.05, 3.63) is 0 Å². The van der Waals surface area contributed by atoms with Gasteiger partial charge in [0.2, 0.25) is 0 Å². The Morgan fingerprint density at radius 3 is 1.63 bits per heavy atom. The van der Waals surface area contributed by atoms with Crippen molar-refractivity contribution in [3.8, 4) is 0 Å². The van der Waals surface area contributed by atoms with E-state index in [1.165, 1.54) is 0 Å². The molecule has 6 heterocycles. The summed E-state index contributed by atoms with van der Waals surface area (Å²) in [5.74, 6) is 0.303. The third-order valence-electron chi connectivity index (χ3n) is 5.84. The Bertz CT molecular complexity index is 771. The highest BCUT2D eigenvalue weighted by atomic mass is 29.3. The van der Waals surface area contributed by atoms with Crippen molar-refractivity contribution in [2.45, 2.75) is 65.6 Å². The molecule has 0 aromatic carbocycles. The lowest BCUT2D eigenvalue weighted by Gasteiger charge is -2.50. The third-order valence-corrected chi connectivity index (χ3v) is 47.1. The summed E-state index contributed by atoms with van der Waals surface area (Å²) in [6.45, 7) is 15.5. The zero-order valence-electron chi connectivity index (χ0n) is 18.5.